The third-order valence-corrected chi connectivity index (χ3v) is 4.66. The van der Waals surface area contributed by atoms with E-state index in [1.165, 1.54) is 23.9 Å². The number of ether oxygens (including phenoxy) is 1. The Morgan fingerprint density at radius 2 is 2.10 bits per heavy atom. The summed E-state index contributed by atoms with van der Waals surface area (Å²) in [4.78, 5) is 12.8. The van der Waals surface area contributed by atoms with Gasteiger partial charge in [-0.05, 0) is 42.0 Å². The van der Waals surface area contributed by atoms with Crippen LogP contribution in [0.4, 0.5) is 4.39 Å². The quantitative estimate of drug-likeness (QED) is 0.702. The summed E-state index contributed by atoms with van der Waals surface area (Å²) in [7, 11) is 1.59. The van der Waals surface area contributed by atoms with Crippen molar-refractivity contribution in [2.45, 2.75) is 11.3 Å². The minimum Gasteiger partial charge on any atom is -0.497 e. The van der Waals surface area contributed by atoms with Gasteiger partial charge >= 0.3 is 0 Å². The van der Waals surface area contributed by atoms with Gasteiger partial charge in [-0.1, -0.05) is 22.0 Å². The maximum absolute atomic E-state index is 13.1. The predicted molar refractivity (Wildman–Crippen MR) is 86.5 cm³/mol. The average molecular weight is 369 g/mol. The van der Waals surface area contributed by atoms with E-state index in [2.05, 4.69) is 15.9 Å². The van der Waals surface area contributed by atoms with Crippen molar-refractivity contribution in [1.82, 2.24) is 0 Å². The molecule has 0 saturated heterocycles. The zero-order valence-corrected chi connectivity index (χ0v) is 13.8. The van der Waals surface area contributed by atoms with Crippen molar-refractivity contribution in [3.8, 4) is 5.75 Å². The molecule has 0 saturated carbocycles. The summed E-state index contributed by atoms with van der Waals surface area (Å²) in [6, 6.07) is 11.8. The number of Topliss-reactive ketones (excluding diaryl/α,β-unsaturated/α-hetero) is 1. The van der Waals surface area contributed by atoms with Crippen LogP contribution in [0.2, 0.25) is 0 Å². The van der Waals surface area contributed by atoms with E-state index in [9.17, 15) is 9.18 Å². The van der Waals surface area contributed by atoms with Gasteiger partial charge in [0.05, 0.1) is 12.9 Å². The van der Waals surface area contributed by atoms with Crippen LogP contribution in [0.25, 0.3) is 0 Å². The van der Waals surface area contributed by atoms with Crippen LogP contribution in [0.3, 0.4) is 0 Å². The van der Waals surface area contributed by atoms with Crippen molar-refractivity contribution in [1.29, 1.82) is 0 Å². The number of hydrogen-bond donors (Lipinski definition) is 0. The van der Waals surface area contributed by atoms with Crippen LogP contribution >= 0.6 is 27.7 Å². The Morgan fingerprint density at radius 1 is 1.29 bits per heavy atom. The molecule has 0 amide bonds. The van der Waals surface area contributed by atoms with Gasteiger partial charge in [0.25, 0.3) is 0 Å². The lowest BCUT2D eigenvalue weighted by molar-refractivity contribution is -0.116. The van der Waals surface area contributed by atoms with Crippen LogP contribution in [0.5, 0.6) is 5.75 Å². The van der Waals surface area contributed by atoms with Gasteiger partial charge in [-0.25, -0.2) is 4.39 Å². The number of benzene rings is 2. The van der Waals surface area contributed by atoms with Crippen LogP contribution < -0.4 is 4.74 Å². The van der Waals surface area contributed by atoms with E-state index in [-0.39, 0.29) is 11.6 Å². The molecule has 0 aliphatic carbocycles. The summed E-state index contributed by atoms with van der Waals surface area (Å²) < 4.78 is 19.1. The Labute approximate surface area is 135 Å². The number of carbonyl (C=O) groups is 1. The second kappa shape index (κ2) is 7.61. The fourth-order valence-electron chi connectivity index (χ4n) is 1.80. The van der Waals surface area contributed by atoms with Crippen LogP contribution in [-0.2, 0) is 11.2 Å². The van der Waals surface area contributed by atoms with Crippen LogP contribution in [-0.4, -0.2) is 18.6 Å². The number of methoxy groups -OCH3 is 1. The largest absolute Gasteiger partial charge is 0.497 e. The first-order chi connectivity index (χ1) is 10.1. The van der Waals surface area contributed by atoms with Gasteiger partial charge in [0.1, 0.15) is 17.3 Å². The molecule has 0 fully saturated rings. The Hall–Kier alpha value is -1.33. The molecule has 0 atom stereocenters. The maximum atomic E-state index is 13.1. The van der Waals surface area contributed by atoms with Crippen molar-refractivity contribution in [3.05, 3.63) is 58.3 Å². The molecule has 2 nitrogen and oxygen atoms in total. The summed E-state index contributed by atoms with van der Waals surface area (Å²) in [6.07, 6.45) is 0.320. The van der Waals surface area contributed by atoms with Crippen molar-refractivity contribution in [3.63, 3.8) is 0 Å². The number of hydrogen-bond acceptors (Lipinski definition) is 3. The highest BCUT2D eigenvalue weighted by molar-refractivity contribution is 9.10. The number of carbonyl (C=O) groups excluding carboxylic acids is 1. The first-order valence-corrected chi connectivity index (χ1v) is 8.09. The van der Waals surface area contributed by atoms with Gasteiger partial charge in [0, 0.05) is 15.8 Å². The van der Waals surface area contributed by atoms with Crippen molar-refractivity contribution < 1.29 is 13.9 Å². The lowest BCUT2D eigenvalue weighted by atomic mass is 10.1. The molecule has 0 radical (unpaired) electrons. The zero-order chi connectivity index (χ0) is 15.2. The molecule has 2 aromatic rings. The number of ketones is 1. The van der Waals surface area contributed by atoms with Crippen LogP contribution in [0.15, 0.2) is 51.8 Å². The fourth-order valence-corrected chi connectivity index (χ4v) is 2.98. The van der Waals surface area contributed by atoms with E-state index >= 15 is 0 Å². The van der Waals surface area contributed by atoms with E-state index in [1.54, 1.807) is 19.2 Å². The van der Waals surface area contributed by atoms with Crippen LogP contribution in [0, 0.1) is 5.82 Å². The second-order valence-corrected chi connectivity index (χ2v) is 6.32. The zero-order valence-electron chi connectivity index (χ0n) is 11.4. The third kappa shape index (κ3) is 4.86. The van der Waals surface area contributed by atoms with Gasteiger partial charge in [0.15, 0.2) is 0 Å². The molecule has 0 unspecified atom stereocenters. The smallest absolute Gasteiger partial charge is 0.147 e. The molecule has 2 rings (SSSR count). The highest BCUT2D eigenvalue weighted by atomic mass is 79.9. The van der Waals surface area contributed by atoms with Gasteiger partial charge in [-0.15, -0.1) is 11.8 Å². The first kappa shape index (κ1) is 16.0. The van der Waals surface area contributed by atoms with Crippen molar-refractivity contribution in [2.24, 2.45) is 0 Å². The highest BCUT2D eigenvalue weighted by Gasteiger charge is 2.09. The molecule has 5 heteroatoms. The highest BCUT2D eigenvalue weighted by Crippen LogP contribution is 2.24. The lowest BCUT2D eigenvalue weighted by Crippen LogP contribution is -2.06. The Morgan fingerprint density at radius 3 is 2.81 bits per heavy atom. The molecule has 21 heavy (non-hydrogen) atoms. The molecule has 0 aliphatic heterocycles. The molecule has 0 N–H and O–H groups in total. The summed E-state index contributed by atoms with van der Waals surface area (Å²) in [5, 5.41) is 0. The Balaban J connectivity index is 1.96. The topological polar surface area (TPSA) is 26.3 Å². The summed E-state index contributed by atoms with van der Waals surface area (Å²) in [5.41, 5.74) is 0.888. The van der Waals surface area contributed by atoms with E-state index in [1.807, 2.05) is 18.2 Å². The summed E-state index contributed by atoms with van der Waals surface area (Å²) >= 11 is 4.77. The molecular weight excluding hydrogens is 355 g/mol. The third-order valence-electron chi connectivity index (χ3n) is 2.84. The molecule has 110 valence electrons. The molecule has 0 bridgehead atoms. The van der Waals surface area contributed by atoms with Crippen molar-refractivity contribution in [2.75, 3.05) is 12.9 Å². The molecule has 0 aliphatic rings. The summed E-state index contributed by atoms with van der Waals surface area (Å²) in [6.45, 7) is 0. The van der Waals surface area contributed by atoms with E-state index in [0.717, 1.165) is 20.7 Å². The Bertz CT molecular complexity index is 646. The van der Waals surface area contributed by atoms with Gasteiger partial charge in [0.2, 0.25) is 0 Å². The molecular formula is C16H14BrFO2S. The fraction of sp³-hybridized carbons (Fsp3) is 0.188. The maximum Gasteiger partial charge on any atom is 0.147 e. The summed E-state index contributed by atoms with van der Waals surface area (Å²) in [5.74, 6) is 0.826. The Kier molecular flexibility index (Phi) is 5.82. The normalized spacial score (nSPS) is 10.4. The predicted octanol–water partition coefficient (Wildman–Crippen LogP) is 4.50. The number of halogens is 2. The molecule has 0 spiro atoms. The SMILES string of the molecule is COc1ccc(Br)c(CC(=O)CSc2cccc(F)c2)c1. The molecule has 0 aromatic heterocycles. The minimum absolute atomic E-state index is 0.0817. The molecule has 0 heterocycles. The van der Waals surface area contributed by atoms with E-state index in [4.69, 9.17) is 4.74 Å². The van der Waals surface area contributed by atoms with Gasteiger partial charge in [-0.2, -0.15) is 0 Å². The van der Waals surface area contributed by atoms with E-state index in [0.29, 0.717) is 12.2 Å². The van der Waals surface area contributed by atoms with Gasteiger partial charge < -0.3 is 4.74 Å². The molecule has 2 aromatic carbocycles. The van der Waals surface area contributed by atoms with Crippen LogP contribution in [0.1, 0.15) is 5.56 Å². The number of rotatable bonds is 6. The lowest BCUT2D eigenvalue weighted by Gasteiger charge is -2.07. The van der Waals surface area contributed by atoms with Gasteiger partial charge in [-0.3, -0.25) is 4.79 Å². The van der Waals surface area contributed by atoms with E-state index < -0.39 is 0 Å². The van der Waals surface area contributed by atoms with Crippen molar-refractivity contribution >= 4 is 33.5 Å². The standard InChI is InChI=1S/C16H14BrFO2S/c1-20-14-5-6-16(17)11(8-14)7-13(19)10-21-15-4-2-3-12(18)9-15/h2-6,8-9H,7,10H2,1H3. The first-order valence-electron chi connectivity index (χ1n) is 6.31. The second-order valence-electron chi connectivity index (χ2n) is 4.42. The monoisotopic (exact) mass is 368 g/mol. The minimum atomic E-state index is -0.289. The number of thioether (sulfide) groups is 1. The average Bonchev–Trinajstić information content (AvgIpc) is 2.47.